The van der Waals surface area contributed by atoms with Gasteiger partial charge in [0.25, 0.3) is 0 Å². The van der Waals surface area contributed by atoms with Crippen LogP contribution in [0.5, 0.6) is 0 Å². The highest BCUT2D eigenvalue weighted by atomic mass is 16.3. The minimum Gasteiger partial charge on any atom is -0.457 e. The van der Waals surface area contributed by atoms with Gasteiger partial charge in [0.05, 0.1) is 5.54 Å². The maximum atomic E-state index is 6.01. The Hall–Kier alpha value is -1.35. The zero-order chi connectivity index (χ0) is 8.89. The second-order valence-corrected chi connectivity index (χ2v) is 3.65. The SMILES string of the molecule is NC1(c2cc3ncccc3o2)CC1. The van der Waals surface area contributed by atoms with Gasteiger partial charge in [-0.25, -0.2) is 0 Å². The smallest absolute Gasteiger partial charge is 0.152 e. The van der Waals surface area contributed by atoms with Crippen LogP contribution in [0.1, 0.15) is 18.6 Å². The Balaban J connectivity index is 2.22. The lowest BCUT2D eigenvalue weighted by Crippen LogP contribution is -2.17. The van der Waals surface area contributed by atoms with E-state index in [0.29, 0.717) is 0 Å². The fraction of sp³-hybridized carbons (Fsp3) is 0.300. The van der Waals surface area contributed by atoms with Crippen LogP contribution >= 0.6 is 0 Å². The average molecular weight is 174 g/mol. The number of nitrogens with two attached hydrogens (primary N) is 1. The number of hydrogen-bond donors (Lipinski definition) is 1. The van der Waals surface area contributed by atoms with Gasteiger partial charge in [0.2, 0.25) is 0 Å². The summed E-state index contributed by atoms with van der Waals surface area (Å²) >= 11 is 0. The number of fused-ring (bicyclic) bond motifs is 1. The van der Waals surface area contributed by atoms with E-state index >= 15 is 0 Å². The molecule has 2 heterocycles. The largest absolute Gasteiger partial charge is 0.457 e. The van der Waals surface area contributed by atoms with E-state index in [4.69, 9.17) is 10.2 Å². The number of rotatable bonds is 1. The van der Waals surface area contributed by atoms with E-state index in [9.17, 15) is 0 Å². The fourth-order valence-corrected chi connectivity index (χ4v) is 1.50. The van der Waals surface area contributed by atoms with Crippen molar-refractivity contribution in [2.24, 2.45) is 5.73 Å². The van der Waals surface area contributed by atoms with Crippen molar-refractivity contribution in [3.8, 4) is 0 Å². The highest BCUT2D eigenvalue weighted by Crippen LogP contribution is 2.44. The Morgan fingerprint density at radius 2 is 2.31 bits per heavy atom. The molecule has 2 N–H and O–H groups in total. The van der Waals surface area contributed by atoms with E-state index in [2.05, 4.69) is 4.98 Å². The lowest BCUT2D eigenvalue weighted by Gasteiger charge is -2.00. The maximum absolute atomic E-state index is 6.01. The first kappa shape index (κ1) is 7.09. The van der Waals surface area contributed by atoms with E-state index < -0.39 is 0 Å². The van der Waals surface area contributed by atoms with Crippen LogP contribution in [0.15, 0.2) is 28.8 Å². The third-order valence-electron chi connectivity index (χ3n) is 2.57. The molecule has 0 radical (unpaired) electrons. The van der Waals surface area contributed by atoms with Gasteiger partial charge in [-0.1, -0.05) is 0 Å². The van der Waals surface area contributed by atoms with Gasteiger partial charge < -0.3 is 10.2 Å². The number of furan rings is 1. The van der Waals surface area contributed by atoms with Crippen LogP contribution in [0.3, 0.4) is 0 Å². The normalized spacial score (nSPS) is 19.2. The molecule has 0 spiro atoms. The van der Waals surface area contributed by atoms with Crippen molar-refractivity contribution in [1.29, 1.82) is 0 Å². The standard InChI is InChI=1S/C10H10N2O/c11-10(3-4-10)9-6-7-8(13-9)2-1-5-12-7/h1-2,5-6H,3-4,11H2. The van der Waals surface area contributed by atoms with E-state index in [-0.39, 0.29) is 5.54 Å². The second-order valence-electron chi connectivity index (χ2n) is 3.65. The average Bonchev–Trinajstić information content (AvgIpc) is 2.76. The summed E-state index contributed by atoms with van der Waals surface area (Å²) in [6, 6.07) is 5.73. The summed E-state index contributed by atoms with van der Waals surface area (Å²) in [5, 5.41) is 0. The van der Waals surface area contributed by atoms with Gasteiger partial charge in [-0.05, 0) is 25.0 Å². The molecule has 3 nitrogen and oxygen atoms in total. The van der Waals surface area contributed by atoms with Gasteiger partial charge in [0.15, 0.2) is 5.58 Å². The van der Waals surface area contributed by atoms with Crippen molar-refractivity contribution in [3.63, 3.8) is 0 Å². The van der Waals surface area contributed by atoms with Gasteiger partial charge in [-0.15, -0.1) is 0 Å². The highest BCUT2D eigenvalue weighted by Gasteiger charge is 2.43. The summed E-state index contributed by atoms with van der Waals surface area (Å²) < 4.78 is 5.61. The Bertz CT molecular complexity index is 424. The molecule has 2 aromatic heterocycles. The van der Waals surface area contributed by atoms with Crippen molar-refractivity contribution < 1.29 is 4.42 Å². The van der Waals surface area contributed by atoms with Crippen LogP contribution < -0.4 is 5.73 Å². The van der Waals surface area contributed by atoms with E-state index in [0.717, 1.165) is 29.7 Å². The molecule has 0 atom stereocenters. The van der Waals surface area contributed by atoms with Crippen molar-refractivity contribution in [2.45, 2.75) is 18.4 Å². The molecule has 1 saturated carbocycles. The van der Waals surface area contributed by atoms with Crippen LogP contribution in [-0.4, -0.2) is 4.98 Å². The molecule has 3 heteroatoms. The van der Waals surface area contributed by atoms with Gasteiger partial charge in [-0.3, -0.25) is 4.98 Å². The number of hydrogen-bond acceptors (Lipinski definition) is 3. The molecule has 0 amide bonds. The molecule has 2 aromatic rings. The molecule has 3 rings (SSSR count). The van der Waals surface area contributed by atoms with Crippen LogP contribution in [0.25, 0.3) is 11.1 Å². The zero-order valence-corrected chi connectivity index (χ0v) is 7.16. The first-order valence-corrected chi connectivity index (χ1v) is 4.42. The zero-order valence-electron chi connectivity index (χ0n) is 7.16. The lowest BCUT2D eigenvalue weighted by molar-refractivity contribution is 0.486. The second kappa shape index (κ2) is 2.12. The number of pyridine rings is 1. The van der Waals surface area contributed by atoms with Crippen LogP contribution in [-0.2, 0) is 5.54 Å². The molecular formula is C10H10N2O. The summed E-state index contributed by atoms with van der Waals surface area (Å²) in [7, 11) is 0. The minimum absolute atomic E-state index is 0.194. The van der Waals surface area contributed by atoms with Crippen molar-refractivity contribution in [1.82, 2.24) is 4.98 Å². The Morgan fingerprint density at radius 3 is 3.00 bits per heavy atom. The van der Waals surface area contributed by atoms with Crippen LogP contribution in [0.4, 0.5) is 0 Å². The predicted molar refractivity (Wildman–Crippen MR) is 49.1 cm³/mol. The summed E-state index contributed by atoms with van der Waals surface area (Å²) in [5.74, 6) is 0.876. The fourth-order valence-electron chi connectivity index (χ4n) is 1.50. The first-order chi connectivity index (χ1) is 6.28. The summed E-state index contributed by atoms with van der Waals surface area (Å²) in [5.41, 5.74) is 7.54. The molecule has 66 valence electrons. The molecule has 1 aliphatic carbocycles. The topological polar surface area (TPSA) is 52.0 Å². The van der Waals surface area contributed by atoms with Gasteiger partial charge >= 0.3 is 0 Å². The van der Waals surface area contributed by atoms with Crippen LogP contribution in [0.2, 0.25) is 0 Å². The highest BCUT2D eigenvalue weighted by molar-refractivity contribution is 5.73. The number of nitrogens with zero attached hydrogens (tertiary/aromatic N) is 1. The lowest BCUT2D eigenvalue weighted by atomic mass is 10.2. The van der Waals surface area contributed by atoms with E-state index in [1.807, 2.05) is 18.2 Å². The van der Waals surface area contributed by atoms with Gasteiger partial charge in [0, 0.05) is 12.3 Å². The van der Waals surface area contributed by atoms with E-state index in [1.54, 1.807) is 6.20 Å². The molecule has 0 aromatic carbocycles. The molecule has 1 fully saturated rings. The maximum Gasteiger partial charge on any atom is 0.152 e. The van der Waals surface area contributed by atoms with Crippen molar-refractivity contribution in [3.05, 3.63) is 30.2 Å². The molecule has 13 heavy (non-hydrogen) atoms. The summed E-state index contributed by atoms with van der Waals surface area (Å²) in [6.07, 6.45) is 3.80. The molecule has 1 aliphatic rings. The van der Waals surface area contributed by atoms with Gasteiger partial charge in [0.1, 0.15) is 11.3 Å². The Morgan fingerprint density at radius 1 is 1.46 bits per heavy atom. The van der Waals surface area contributed by atoms with E-state index in [1.165, 1.54) is 0 Å². The first-order valence-electron chi connectivity index (χ1n) is 4.42. The predicted octanol–water partition coefficient (Wildman–Crippen LogP) is 1.78. The van der Waals surface area contributed by atoms with Crippen molar-refractivity contribution >= 4 is 11.1 Å². The molecule has 0 aliphatic heterocycles. The van der Waals surface area contributed by atoms with Crippen molar-refractivity contribution in [2.75, 3.05) is 0 Å². The quantitative estimate of drug-likeness (QED) is 0.716. The molecule has 0 unspecified atom stereocenters. The Kier molecular flexibility index (Phi) is 1.15. The minimum atomic E-state index is -0.194. The summed E-state index contributed by atoms with van der Waals surface area (Å²) in [6.45, 7) is 0. The monoisotopic (exact) mass is 174 g/mol. The third kappa shape index (κ3) is 0.971. The third-order valence-corrected chi connectivity index (χ3v) is 2.57. The molecular weight excluding hydrogens is 164 g/mol. The molecule has 0 saturated heterocycles. The number of aromatic nitrogens is 1. The van der Waals surface area contributed by atoms with Crippen LogP contribution in [0, 0.1) is 0 Å². The summed E-state index contributed by atoms with van der Waals surface area (Å²) in [4.78, 5) is 4.19. The Labute approximate surface area is 75.6 Å². The molecule has 0 bridgehead atoms. The van der Waals surface area contributed by atoms with Gasteiger partial charge in [-0.2, -0.15) is 0 Å².